The molecule has 1 aromatic heterocycles. The summed E-state index contributed by atoms with van der Waals surface area (Å²) in [7, 11) is 0. The molecule has 3 aromatic rings. The summed E-state index contributed by atoms with van der Waals surface area (Å²) in [4.78, 5) is 19.1. The number of nitrogens with one attached hydrogen (secondary N) is 1. The number of hydrogen-bond acceptors (Lipinski definition) is 5. The van der Waals surface area contributed by atoms with Crippen molar-refractivity contribution in [2.24, 2.45) is 5.92 Å². The van der Waals surface area contributed by atoms with Crippen LogP contribution in [0.3, 0.4) is 0 Å². The Morgan fingerprint density at radius 2 is 1.93 bits per heavy atom. The normalized spacial score (nSPS) is 17.1. The number of likely N-dealkylation sites (tertiary alicyclic amines) is 1. The number of carbonyl (C=O) groups is 1. The maximum absolute atomic E-state index is 13.8. The number of halogens is 2. The van der Waals surface area contributed by atoms with E-state index < -0.39 is 23.2 Å². The Labute approximate surface area is 172 Å². The summed E-state index contributed by atoms with van der Waals surface area (Å²) in [5, 5.41) is 6.44. The molecule has 156 valence electrons. The Morgan fingerprint density at radius 1 is 1.20 bits per heavy atom. The van der Waals surface area contributed by atoms with E-state index in [1.54, 1.807) is 0 Å². The van der Waals surface area contributed by atoms with E-state index in [4.69, 9.17) is 4.52 Å². The van der Waals surface area contributed by atoms with Crippen LogP contribution in [-0.2, 0) is 11.3 Å². The van der Waals surface area contributed by atoms with Gasteiger partial charge in [0.05, 0.1) is 12.5 Å². The third-order valence-corrected chi connectivity index (χ3v) is 5.22. The summed E-state index contributed by atoms with van der Waals surface area (Å²) in [6, 6.07) is 11.3. The second kappa shape index (κ2) is 8.71. The van der Waals surface area contributed by atoms with Gasteiger partial charge in [-0.1, -0.05) is 28.9 Å². The van der Waals surface area contributed by atoms with Gasteiger partial charge in [0.2, 0.25) is 5.91 Å². The Hall–Kier alpha value is -3.13. The molecule has 6 nitrogen and oxygen atoms in total. The van der Waals surface area contributed by atoms with E-state index in [1.165, 1.54) is 6.07 Å². The average Bonchev–Trinajstić information content (AvgIpc) is 3.20. The van der Waals surface area contributed by atoms with Crippen LogP contribution >= 0.6 is 0 Å². The first-order valence-corrected chi connectivity index (χ1v) is 9.86. The van der Waals surface area contributed by atoms with Crippen molar-refractivity contribution in [3.05, 3.63) is 65.5 Å². The zero-order chi connectivity index (χ0) is 21.1. The van der Waals surface area contributed by atoms with Gasteiger partial charge in [0.15, 0.2) is 5.82 Å². The highest BCUT2D eigenvalue weighted by Gasteiger charge is 2.28. The Kier molecular flexibility index (Phi) is 5.85. The summed E-state index contributed by atoms with van der Waals surface area (Å²) >= 11 is 0. The van der Waals surface area contributed by atoms with E-state index in [1.807, 2.05) is 31.2 Å². The molecule has 1 atom stereocenters. The standard InChI is InChI=1S/C22H22F2N4O2/c1-14-7-9-15(10-8-14)22-25-19(27-30-22)13-28-11-3-4-16(12-28)21(29)26-20-17(23)5-2-6-18(20)24/h2,5-10,16H,3-4,11-13H2,1H3,(H,26,29)/t16-/m1/s1. The van der Waals surface area contributed by atoms with Gasteiger partial charge in [0, 0.05) is 12.1 Å². The van der Waals surface area contributed by atoms with E-state index in [0.717, 1.165) is 36.2 Å². The lowest BCUT2D eigenvalue weighted by atomic mass is 9.97. The first-order valence-electron chi connectivity index (χ1n) is 9.86. The lowest BCUT2D eigenvalue weighted by Gasteiger charge is -2.31. The number of benzene rings is 2. The summed E-state index contributed by atoms with van der Waals surface area (Å²) in [6.07, 6.45) is 1.44. The lowest BCUT2D eigenvalue weighted by molar-refractivity contribution is -0.121. The van der Waals surface area contributed by atoms with Crippen molar-refractivity contribution in [1.29, 1.82) is 0 Å². The SMILES string of the molecule is Cc1ccc(-c2nc(CN3CCC[C@@H](C(=O)Nc4c(F)cccc4F)C3)no2)cc1. The number of anilines is 1. The third kappa shape index (κ3) is 4.54. The molecule has 8 heteroatoms. The number of para-hydroxylation sites is 1. The lowest BCUT2D eigenvalue weighted by Crippen LogP contribution is -2.40. The van der Waals surface area contributed by atoms with Crippen LogP contribution in [0.1, 0.15) is 24.2 Å². The van der Waals surface area contributed by atoms with E-state index in [2.05, 4.69) is 20.4 Å². The van der Waals surface area contributed by atoms with Crippen LogP contribution < -0.4 is 5.32 Å². The zero-order valence-corrected chi connectivity index (χ0v) is 16.6. The predicted molar refractivity (Wildman–Crippen MR) is 107 cm³/mol. The van der Waals surface area contributed by atoms with Crippen molar-refractivity contribution < 1.29 is 18.1 Å². The second-order valence-electron chi connectivity index (χ2n) is 7.54. The number of nitrogens with zero attached hydrogens (tertiary/aromatic N) is 3. The van der Waals surface area contributed by atoms with Gasteiger partial charge in [-0.05, 0) is 50.6 Å². The number of rotatable bonds is 5. The minimum absolute atomic E-state index is 0.374. The Balaban J connectivity index is 1.38. The fraction of sp³-hybridized carbons (Fsp3) is 0.318. The number of piperidine rings is 1. The molecule has 1 aliphatic rings. The second-order valence-corrected chi connectivity index (χ2v) is 7.54. The molecule has 0 unspecified atom stereocenters. The van der Waals surface area contributed by atoms with Crippen molar-refractivity contribution >= 4 is 11.6 Å². The molecule has 0 aliphatic carbocycles. The Bertz CT molecular complexity index is 1020. The number of aromatic nitrogens is 2. The van der Waals surface area contributed by atoms with Gasteiger partial charge >= 0.3 is 0 Å². The van der Waals surface area contributed by atoms with Crippen molar-refractivity contribution in [3.8, 4) is 11.5 Å². The zero-order valence-electron chi connectivity index (χ0n) is 16.6. The highest BCUT2D eigenvalue weighted by Crippen LogP contribution is 2.24. The summed E-state index contributed by atoms with van der Waals surface area (Å²) in [5.41, 5.74) is 1.59. The molecule has 2 heterocycles. The van der Waals surface area contributed by atoms with Gasteiger partial charge in [0.1, 0.15) is 17.3 Å². The smallest absolute Gasteiger partial charge is 0.257 e. The van der Waals surface area contributed by atoms with Crippen LogP contribution in [0.15, 0.2) is 47.0 Å². The molecule has 0 radical (unpaired) electrons. The number of carbonyl (C=O) groups excluding carboxylic acids is 1. The fourth-order valence-electron chi connectivity index (χ4n) is 3.59. The molecular formula is C22H22F2N4O2. The van der Waals surface area contributed by atoms with Crippen molar-refractivity contribution in [2.75, 3.05) is 18.4 Å². The van der Waals surface area contributed by atoms with Crippen molar-refractivity contribution in [2.45, 2.75) is 26.3 Å². The first-order chi connectivity index (χ1) is 14.5. The molecule has 1 fully saturated rings. The third-order valence-electron chi connectivity index (χ3n) is 5.22. The maximum Gasteiger partial charge on any atom is 0.257 e. The van der Waals surface area contributed by atoms with E-state index in [-0.39, 0.29) is 5.92 Å². The summed E-state index contributed by atoms with van der Waals surface area (Å²) in [6.45, 7) is 3.68. The van der Waals surface area contributed by atoms with Gasteiger partial charge in [0.25, 0.3) is 5.89 Å². The molecule has 0 saturated carbocycles. The molecule has 1 saturated heterocycles. The highest BCUT2D eigenvalue weighted by atomic mass is 19.1. The molecule has 30 heavy (non-hydrogen) atoms. The van der Waals surface area contributed by atoms with Crippen LogP contribution in [0.4, 0.5) is 14.5 Å². The monoisotopic (exact) mass is 412 g/mol. The highest BCUT2D eigenvalue weighted by molar-refractivity contribution is 5.93. The quantitative estimate of drug-likeness (QED) is 0.681. The van der Waals surface area contributed by atoms with Crippen LogP contribution in [0.5, 0.6) is 0 Å². The van der Waals surface area contributed by atoms with E-state index in [0.29, 0.717) is 31.2 Å². The van der Waals surface area contributed by atoms with Crippen LogP contribution in [0.2, 0.25) is 0 Å². The van der Waals surface area contributed by atoms with Gasteiger partial charge in [-0.3, -0.25) is 9.69 Å². The van der Waals surface area contributed by atoms with Crippen molar-refractivity contribution in [3.63, 3.8) is 0 Å². The first kappa shape index (κ1) is 20.2. The maximum atomic E-state index is 13.8. The molecular weight excluding hydrogens is 390 g/mol. The largest absolute Gasteiger partial charge is 0.334 e. The van der Waals surface area contributed by atoms with E-state index in [9.17, 15) is 13.6 Å². The molecule has 0 spiro atoms. The van der Waals surface area contributed by atoms with Gasteiger partial charge in [-0.25, -0.2) is 8.78 Å². The van der Waals surface area contributed by atoms with Gasteiger partial charge < -0.3 is 9.84 Å². The summed E-state index contributed by atoms with van der Waals surface area (Å²) in [5.74, 6) is -1.35. The molecule has 4 rings (SSSR count). The van der Waals surface area contributed by atoms with E-state index >= 15 is 0 Å². The molecule has 1 aliphatic heterocycles. The molecule has 0 bridgehead atoms. The van der Waals surface area contributed by atoms with Crippen LogP contribution in [-0.4, -0.2) is 34.0 Å². The molecule has 1 N–H and O–H groups in total. The molecule has 1 amide bonds. The average molecular weight is 412 g/mol. The minimum atomic E-state index is -0.786. The number of aryl methyl sites for hydroxylation is 1. The summed E-state index contributed by atoms with van der Waals surface area (Å²) < 4.78 is 33.0. The van der Waals surface area contributed by atoms with Crippen LogP contribution in [0.25, 0.3) is 11.5 Å². The predicted octanol–water partition coefficient (Wildman–Crippen LogP) is 4.17. The topological polar surface area (TPSA) is 71.3 Å². The molecule has 2 aromatic carbocycles. The van der Waals surface area contributed by atoms with Gasteiger partial charge in [-0.2, -0.15) is 4.98 Å². The Morgan fingerprint density at radius 3 is 2.67 bits per heavy atom. The van der Waals surface area contributed by atoms with Gasteiger partial charge in [-0.15, -0.1) is 0 Å². The van der Waals surface area contributed by atoms with Crippen LogP contribution in [0, 0.1) is 24.5 Å². The number of hydrogen-bond donors (Lipinski definition) is 1. The fourth-order valence-corrected chi connectivity index (χ4v) is 3.59. The minimum Gasteiger partial charge on any atom is -0.334 e. The number of amides is 1. The van der Waals surface area contributed by atoms with Crippen molar-refractivity contribution in [1.82, 2.24) is 15.0 Å².